The minimum Gasteiger partial charge on any atom is -0.508 e. The molecular weight excluding hydrogens is 300 g/mol. The average molecular weight is 316 g/mol. The van der Waals surface area contributed by atoms with Gasteiger partial charge in [0.25, 0.3) is 0 Å². The molecule has 0 saturated carbocycles. The van der Waals surface area contributed by atoms with Crippen LogP contribution in [0.3, 0.4) is 0 Å². The number of aliphatic carboxylic acids is 1. The fourth-order valence-electron chi connectivity index (χ4n) is 2.23. The van der Waals surface area contributed by atoms with Gasteiger partial charge in [0.1, 0.15) is 12.3 Å². The summed E-state index contributed by atoms with van der Waals surface area (Å²) in [6.07, 6.45) is -0.0383. The molecule has 2 N–H and O–H groups in total. The molecule has 1 unspecified atom stereocenters. The lowest BCUT2D eigenvalue weighted by Crippen LogP contribution is -2.45. The van der Waals surface area contributed by atoms with Crippen LogP contribution in [-0.2, 0) is 17.8 Å². The van der Waals surface area contributed by atoms with E-state index in [1.165, 1.54) is 12.1 Å². The van der Waals surface area contributed by atoms with Gasteiger partial charge in [-0.15, -0.1) is 5.01 Å². The number of carboxylic acids is 1. The minimum atomic E-state index is -1.31. The van der Waals surface area contributed by atoms with Crippen molar-refractivity contribution in [2.24, 2.45) is 0 Å². The van der Waals surface area contributed by atoms with E-state index in [9.17, 15) is 25.1 Å². The summed E-state index contributed by atoms with van der Waals surface area (Å²) in [7, 11) is 0. The second-order valence-electron chi connectivity index (χ2n) is 5.05. The Morgan fingerprint density at radius 1 is 1.09 bits per heavy atom. The zero-order valence-corrected chi connectivity index (χ0v) is 12.2. The molecule has 0 aromatic heterocycles. The van der Waals surface area contributed by atoms with E-state index in [0.717, 1.165) is 0 Å². The first-order valence-electron chi connectivity index (χ1n) is 6.93. The highest BCUT2D eigenvalue weighted by molar-refractivity contribution is 5.73. The first kappa shape index (κ1) is 16.3. The molecule has 7 heteroatoms. The quantitative estimate of drug-likeness (QED) is 0.598. The number of benzene rings is 2. The highest BCUT2D eigenvalue weighted by Crippen LogP contribution is 2.16. The fraction of sp³-hybridized carbons (Fsp3) is 0.188. The molecule has 0 spiro atoms. The van der Waals surface area contributed by atoms with Gasteiger partial charge in [0.2, 0.25) is 0 Å². The van der Waals surface area contributed by atoms with Crippen LogP contribution in [0.15, 0.2) is 54.6 Å². The van der Waals surface area contributed by atoms with Crippen molar-refractivity contribution in [3.63, 3.8) is 0 Å². The van der Waals surface area contributed by atoms with Crippen molar-refractivity contribution < 1.29 is 20.0 Å². The summed E-state index contributed by atoms with van der Waals surface area (Å²) in [5, 5.41) is 30.0. The Kier molecular flexibility index (Phi) is 5.14. The molecule has 0 bridgehead atoms. The Balaban J connectivity index is 2.22. The molecule has 0 fully saturated rings. The maximum atomic E-state index is 11.5. The Morgan fingerprint density at radius 3 is 2.22 bits per heavy atom. The van der Waals surface area contributed by atoms with Crippen molar-refractivity contribution in [2.45, 2.75) is 19.0 Å². The minimum absolute atomic E-state index is 0.0383. The number of rotatable bonds is 7. The predicted molar refractivity (Wildman–Crippen MR) is 82.2 cm³/mol. The molecule has 0 aliphatic rings. The largest absolute Gasteiger partial charge is 0.508 e. The highest BCUT2D eigenvalue weighted by atomic mass is 16.7. The van der Waals surface area contributed by atoms with Gasteiger partial charge in [0.15, 0.2) is 11.1 Å². The van der Waals surface area contributed by atoms with Crippen LogP contribution in [0.25, 0.3) is 0 Å². The topological polar surface area (TPSA) is 104 Å². The van der Waals surface area contributed by atoms with Crippen LogP contribution < -0.4 is 0 Å². The summed E-state index contributed by atoms with van der Waals surface area (Å²) in [4.78, 5) is 22.8. The Morgan fingerprint density at radius 2 is 1.70 bits per heavy atom. The van der Waals surface area contributed by atoms with Gasteiger partial charge in [0.05, 0.1) is 0 Å². The van der Waals surface area contributed by atoms with Gasteiger partial charge in [-0.2, -0.15) is 0 Å². The Labute approximate surface area is 132 Å². The number of carboxylic acid groups (broad SMARTS) is 1. The molecule has 23 heavy (non-hydrogen) atoms. The molecule has 0 saturated heterocycles. The van der Waals surface area contributed by atoms with Gasteiger partial charge in [-0.1, -0.05) is 42.5 Å². The van der Waals surface area contributed by atoms with Crippen LogP contribution in [0, 0.1) is 10.1 Å². The summed E-state index contributed by atoms with van der Waals surface area (Å²) in [5.74, 6) is -1.22. The Hall–Kier alpha value is -3.09. The van der Waals surface area contributed by atoms with E-state index >= 15 is 0 Å². The SMILES string of the molecule is O=C(O)C(Cc1ccc(O)cc1)N(Cc1ccccc1)[N+](=O)[O-]. The zero-order valence-electron chi connectivity index (χ0n) is 12.2. The number of hydrogen-bond acceptors (Lipinski definition) is 4. The number of aromatic hydroxyl groups is 1. The first-order chi connectivity index (χ1) is 11.0. The van der Waals surface area contributed by atoms with Gasteiger partial charge >= 0.3 is 5.97 Å². The smallest absolute Gasteiger partial charge is 0.332 e. The van der Waals surface area contributed by atoms with Crippen LogP contribution in [0.4, 0.5) is 0 Å². The lowest BCUT2D eigenvalue weighted by Gasteiger charge is -2.21. The van der Waals surface area contributed by atoms with Crippen LogP contribution in [0.1, 0.15) is 11.1 Å². The van der Waals surface area contributed by atoms with Gasteiger partial charge in [0, 0.05) is 6.42 Å². The van der Waals surface area contributed by atoms with Crippen molar-refractivity contribution in [3.05, 3.63) is 75.8 Å². The molecular formula is C16H16N2O5. The van der Waals surface area contributed by atoms with E-state index in [4.69, 9.17) is 0 Å². The van der Waals surface area contributed by atoms with E-state index in [1.54, 1.807) is 42.5 Å². The summed E-state index contributed by atoms with van der Waals surface area (Å²) in [6, 6.07) is 13.3. The number of hydrazine groups is 1. The fourth-order valence-corrected chi connectivity index (χ4v) is 2.23. The van der Waals surface area contributed by atoms with E-state index in [-0.39, 0.29) is 18.7 Å². The third-order valence-electron chi connectivity index (χ3n) is 3.41. The van der Waals surface area contributed by atoms with Crippen LogP contribution in [-0.4, -0.2) is 32.3 Å². The predicted octanol–water partition coefficient (Wildman–Crippen LogP) is 2.08. The lowest BCUT2D eigenvalue weighted by atomic mass is 10.0. The number of hydrogen-bond donors (Lipinski definition) is 2. The van der Waals surface area contributed by atoms with Crippen molar-refractivity contribution >= 4 is 5.97 Å². The molecule has 0 radical (unpaired) electrons. The third-order valence-corrected chi connectivity index (χ3v) is 3.41. The number of nitrogens with zero attached hydrogens (tertiary/aromatic N) is 2. The maximum Gasteiger partial charge on any atom is 0.332 e. The molecule has 0 heterocycles. The van der Waals surface area contributed by atoms with Gasteiger partial charge in [-0.05, 0) is 23.3 Å². The molecule has 120 valence electrons. The van der Waals surface area contributed by atoms with Crippen LogP contribution >= 0.6 is 0 Å². The standard InChI is InChI=1S/C16H16N2O5/c19-14-8-6-12(7-9-14)10-15(16(20)21)17(18(22)23)11-13-4-2-1-3-5-13/h1-9,15,19H,10-11H2,(H,20,21). The number of phenolic OH excluding ortho intramolecular Hbond substituents is 1. The highest BCUT2D eigenvalue weighted by Gasteiger charge is 2.33. The molecule has 1 atom stereocenters. The summed E-state index contributed by atoms with van der Waals surface area (Å²) >= 11 is 0. The maximum absolute atomic E-state index is 11.5. The molecule has 0 amide bonds. The van der Waals surface area contributed by atoms with Crippen molar-refractivity contribution in [1.29, 1.82) is 0 Å². The summed E-state index contributed by atoms with van der Waals surface area (Å²) in [5.41, 5.74) is 1.25. The molecule has 7 nitrogen and oxygen atoms in total. The summed E-state index contributed by atoms with van der Waals surface area (Å²) in [6.45, 7) is -0.108. The van der Waals surface area contributed by atoms with E-state index in [1.807, 2.05) is 0 Å². The second kappa shape index (κ2) is 7.26. The number of phenols is 1. The molecule has 0 aliphatic heterocycles. The third kappa shape index (κ3) is 4.44. The molecule has 2 rings (SSSR count). The average Bonchev–Trinajstić information content (AvgIpc) is 2.53. The lowest BCUT2D eigenvalue weighted by molar-refractivity contribution is -0.665. The van der Waals surface area contributed by atoms with Gasteiger partial charge < -0.3 is 10.2 Å². The van der Waals surface area contributed by atoms with Gasteiger partial charge in [-0.3, -0.25) is 0 Å². The van der Waals surface area contributed by atoms with E-state index < -0.39 is 17.0 Å². The van der Waals surface area contributed by atoms with Crippen LogP contribution in [0.2, 0.25) is 0 Å². The van der Waals surface area contributed by atoms with Gasteiger partial charge in [-0.25, -0.2) is 14.9 Å². The van der Waals surface area contributed by atoms with Crippen molar-refractivity contribution in [1.82, 2.24) is 5.01 Å². The molecule has 2 aromatic rings. The molecule has 2 aromatic carbocycles. The van der Waals surface area contributed by atoms with E-state index in [2.05, 4.69) is 0 Å². The number of carbonyl (C=O) groups is 1. The number of nitro groups is 1. The Bertz CT molecular complexity index is 673. The summed E-state index contributed by atoms with van der Waals surface area (Å²) < 4.78 is 0. The van der Waals surface area contributed by atoms with Crippen LogP contribution in [0.5, 0.6) is 5.75 Å². The molecule has 0 aliphatic carbocycles. The normalized spacial score (nSPS) is 11.7. The van der Waals surface area contributed by atoms with E-state index in [0.29, 0.717) is 16.1 Å². The zero-order chi connectivity index (χ0) is 16.8. The first-order valence-corrected chi connectivity index (χ1v) is 6.93. The second-order valence-corrected chi connectivity index (χ2v) is 5.05. The monoisotopic (exact) mass is 316 g/mol. The van der Waals surface area contributed by atoms with Crippen molar-refractivity contribution in [2.75, 3.05) is 0 Å². The van der Waals surface area contributed by atoms with Crippen molar-refractivity contribution in [3.8, 4) is 5.75 Å².